The average Bonchev–Trinajstić information content (AvgIpc) is 2.86. The molecule has 3 aromatic carbocycles. The SMILES string of the molecule is Nc1c(S(=O)(=O)[O-])cc(Nc2ccc(S(=O)(=O)[O-])c(Nc3nc(Cl)nc(Cl)n3)c2)c2c1C(=O)c1ccccc1C2=O.[Na+].[Na+]. The minimum Gasteiger partial charge on any atom is -0.744 e. The topological polar surface area (TPSA) is 237 Å². The van der Waals surface area contributed by atoms with Crippen LogP contribution in [-0.2, 0) is 20.2 Å². The van der Waals surface area contributed by atoms with Crippen molar-refractivity contribution in [3.05, 3.63) is 81.4 Å². The van der Waals surface area contributed by atoms with Crippen LogP contribution in [0.3, 0.4) is 0 Å². The number of nitrogens with one attached hydrogen (secondary N) is 2. The fourth-order valence-corrected chi connectivity index (χ4v) is 5.79. The number of benzene rings is 3. The van der Waals surface area contributed by atoms with E-state index in [-0.39, 0.29) is 109 Å². The maximum atomic E-state index is 13.5. The molecule has 4 aromatic rings. The van der Waals surface area contributed by atoms with Crippen molar-refractivity contribution in [3.8, 4) is 0 Å². The molecule has 1 aromatic heterocycles. The number of rotatable bonds is 6. The van der Waals surface area contributed by atoms with Crippen molar-refractivity contribution in [1.29, 1.82) is 0 Å². The molecule has 5 rings (SSSR count). The zero-order valence-corrected chi connectivity index (χ0v) is 29.0. The smallest absolute Gasteiger partial charge is 0.744 e. The van der Waals surface area contributed by atoms with E-state index in [1.54, 1.807) is 0 Å². The molecular formula is C23H12Cl2N6Na2O8S2. The minimum absolute atomic E-state index is 0. The summed E-state index contributed by atoms with van der Waals surface area (Å²) in [7, 11) is -10.3. The van der Waals surface area contributed by atoms with Crippen molar-refractivity contribution >= 4 is 83.7 Å². The molecule has 0 amide bonds. The predicted octanol–water partition coefficient (Wildman–Crippen LogP) is -3.16. The Kier molecular flexibility index (Phi) is 10.7. The van der Waals surface area contributed by atoms with Gasteiger partial charge in [-0.25, -0.2) is 16.8 Å². The van der Waals surface area contributed by atoms with Gasteiger partial charge in [-0.1, -0.05) is 24.3 Å². The number of fused-ring (bicyclic) bond motifs is 2. The number of ketones is 2. The Morgan fingerprint density at radius 2 is 1.23 bits per heavy atom. The number of carbonyl (C=O) groups is 2. The third-order valence-electron chi connectivity index (χ3n) is 5.82. The summed E-state index contributed by atoms with van der Waals surface area (Å²) >= 11 is 11.5. The van der Waals surface area contributed by atoms with Gasteiger partial charge < -0.3 is 25.5 Å². The second-order valence-electron chi connectivity index (χ2n) is 8.36. The maximum Gasteiger partial charge on any atom is 1.00 e. The number of hydrogen-bond acceptors (Lipinski definition) is 14. The molecule has 14 nitrogen and oxygen atoms in total. The van der Waals surface area contributed by atoms with Gasteiger partial charge in [-0.3, -0.25) is 9.59 Å². The molecule has 210 valence electrons. The monoisotopic (exact) mass is 680 g/mol. The Morgan fingerprint density at radius 3 is 1.77 bits per heavy atom. The number of nitrogens with two attached hydrogens (primary N) is 1. The quantitative estimate of drug-likeness (QED) is 0.0912. The molecule has 0 saturated carbocycles. The zero-order chi connectivity index (χ0) is 29.9. The van der Waals surface area contributed by atoms with Crippen LogP contribution in [-0.4, -0.2) is 52.5 Å². The van der Waals surface area contributed by atoms with Crippen LogP contribution in [0.2, 0.25) is 10.6 Å². The molecule has 0 bridgehead atoms. The number of nitrogen functional groups attached to an aromatic ring is 1. The molecule has 4 N–H and O–H groups in total. The van der Waals surface area contributed by atoms with E-state index in [1.807, 2.05) is 0 Å². The molecule has 1 heterocycles. The van der Waals surface area contributed by atoms with Crippen molar-refractivity contribution < 1.29 is 94.6 Å². The van der Waals surface area contributed by atoms with Crippen LogP contribution in [0.5, 0.6) is 0 Å². The van der Waals surface area contributed by atoms with Crippen molar-refractivity contribution in [1.82, 2.24) is 15.0 Å². The average molecular weight is 681 g/mol. The van der Waals surface area contributed by atoms with Gasteiger partial charge in [0.05, 0.1) is 38.0 Å². The summed E-state index contributed by atoms with van der Waals surface area (Å²) in [5, 5.41) is 4.49. The molecule has 0 atom stereocenters. The second-order valence-corrected chi connectivity index (χ2v) is 11.7. The summed E-state index contributed by atoms with van der Waals surface area (Å²) < 4.78 is 71.8. The van der Waals surface area contributed by atoms with E-state index in [1.165, 1.54) is 24.3 Å². The van der Waals surface area contributed by atoms with E-state index in [9.17, 15) is 35.5 Å². The van der Waals surface area contributed by atoms with Crippen LogP contribution in [0.15, 0.2) is 58.3 Å². The molecule has 0 unspecified atom stereocenters. The Hall–Kier alpha value is -2.19. The summed E-state index contributed by atoms with van der Waals surface area (Å²) in [6.45, 7) is 0. The first-order chi connectivity index (χ1) is 19.1. The van der Waals surface area contributed by atoms with Gasteiger partial charge in [0.2, 0.25) is 16.5 Å². The molecule has 20 heteroatoms. The molecule has 0 saturated heterocycles. The number of carbonyl (C=O) groups excluding carboxylic acids is 2. The fourth-order valence-electron chi connectivity index (χ4n) is 4.18. The minimum atomic E-state index is -5.24. The first-order valence-corrected chi connectivity index (χ1v) is 14.5. The van der Waals surface area contributed by atoms with E-state index in [0.717, 1.165) is 24.3 Å². The summed E-state index contributed by atoms with van der Waals surface area (Å²) in [4.78, 5) is 36.1. The summed E-state index contributed by atoms with van der Waals surface area (Å²) in [5.74, 6) is -1.83. The third kappa shape index (κ3) is 7.06. The van der Waals surface area contributed by atoms with Gasteiger partial charge in [0.25, 0.3) is 0 Å². The first kappa shape index (κ1) is 35.3. The van der Waals surface area contributed by atoms with E-state index < -0.39 is 52.8 Å². The van der Waals surface area contributed by atoms with Gasteiger partial charge in [-0.2, -0.15) is 15.0 Å². The number of aromatic nitrogens is 3. The van der Waals surface area contributed by atoms with Crippen LogP contribution < -0.4 is 75.5 Å². The van der Waals surface area contributed by atoms with Gasteiger partial charge in [0.15, 0.2) is 11.6 Å². The molecule has 0 fully saturated rings. The molecule has 0 spiro atoms. The van der Waals surface area contributed by atoms with Gasteiger partial charge in [0, 0.05) is 16.8 Å². The molecule has 43 heavy (non-hydrogen) atoms. The fraction of sp³-hybridized carbons (Fsp3) is 0. The van der Waals surface area contributed by atoms with E-state index in [4.69, 9.17) is 28.9 Å². The third-order valence-corrected chi connectivity index (χ3v) is 7.93. The van der Waals surface area contributed by atoms with Crippen LogP contribution in [0.4, 0.5) is 28.7 Å². The summed E-state index contributed by atoms with van der Waals surface area (Å²) in [5.41, 5.74) is 3.63. The van der Waals surface area contributed by atoms with Gasteiger partial charge in [-0.15, -0.1) is 0 Å². The Morgan fingerprint density at radius 1 is 0.698 bits per heavy atom. The van der Waals surface area contributed by atoms with Crippen molar-refractivity contribution in [2.45, 2.75) is 9.79 Å². The molecule has 0 radical (unpaired) electrons. The molecule has 0 aliphatic heterocycles. The Balaban J connectivity index is 0.00000253. The van der Waals surface area contributed by atoms with E-state index in [0.29, 0.717) is 0 Å². The Labute approximate surface area is 297 Å². The van der Waals surface area contributed by atoms with Gasteiger partial charge >= 0.3 is 59.1 Å². The standard InChI is InChI=1S/C23H14Cl2N6O8S2.2Na/c24-21-29-22(25)31-23(30-21)28-12-7-9(5-6-14(12)40(34,35)36)27-13-8-15(41(37,38)39)18(26)17-16(13)19(32)10-3-1-2-4-11(10)20(17)33;;/h1-8,27H,26H2,(H,34,35,36)(H,37,38,39)(H,28,29,30,31);;/q;2*+1/p-2. The molecule has 1 aliphatic rings. The largest absolute Gasteiger partial charge is 1.00 e. The maximum absolute atomic E-state index is 13.5. The summed E-state index contributed by atoms with van der Waals surface area (Å²) in [6, 6.07) is 9.61. The van der Waals surface area contributed by atoms with Crippen molar-refractivity contribution in [2.75, 3.05) is 16.4 Å². The number of halogens is 2. The number of anilines is 5. The van der Waals surface area contributed by atoms with Crippen LogP contribution >= 0.6 is 23.2 Å². The number of hydrogen-bond donors (Lipinski definition) is 3. The van der Waals surface area contributed by atoms with Gasteiger partial charge in [-0.05, 0) is 47.5 Å². The second kappa shape index (κ2) is 13.0. The summed E-state index contributed by atoms with van der Waals surface area (Å²) in [6.07, 6.45) is 0. The predicted molar refractivity (Wildman–Crippen MR) is 143 cm³/mol. The van der Waals surface area contributed by atoms with E-state index in [2.05, 4.69) is 25.6 Å². The van der Waals surface area contributed by atoms with Crippen LogP contribution in [0.25, 0.3) is 0 Å². The zero-order valence-electron chi connectivity index (χ0n) is 21.9. The van der Waals surface area contributed by atoms with Crippen molar-refractivity contribution in [2.24, 2.45) is 0 Å². The van der Waals surface area contributed by atoms with Crippen LogP contribution in [0, 0.1) is 0 Å². The number of nitrogens with zero attached hydrogens (tertiary/aromatic N) is 3. The molecule has 1 aliphatic carbocycles. The normalized spacial score (nSPS) is 12.4. The Bertz CT molecular complexity index is 2030. The molecular weight excluding hydrogens is 669 g/mol. The first-order valence-electron chi connectivity index (χ1n) is 11.0. The van der Waals surface area contributed by atoms with Crippen LogP contribution in [0.1, 0.15) is 31.8 Å². The van der Waals surface area contributed by atoms with E-state index >= 15 is 0 Å². The van der Waals surface area contributed by atoms with Crippen molar-refractivity contribution in [3.63, 3.8) is 0 Å². The van der Waals surface area contributed by atoms with Gasteiger partial charge in [0.1, 0.15) is 20.2 Å².